The lowest BCUT2D eigenvalue weighted by Crippen LogP contribution is -2.32. The van der Waals surface area contributed by atoms with Crippen molar-refractivity contribution >= 4 is 11.7 Å². The van der Waals surface area contributed by atoms with Crippen molar-refractivity contribution in [1.82, 2.24) is 4.90 Å². The Morgan fingerprint density at radius 1 is 1.50 bits per heavy atom. The molecule has 0 saturated heterocycles. The lowest BCUT2D eigenvalue weighted by atomic mass is 10.0. The zero-order valence-electron chi connectivity index (χ0n) is 15.2. The second-order valence-electron chi connectivity index (χ2n) is 6.15. The van der Waals surface area contributed by atoms with E-state index in [1.54, 1.807) is 6.20 Å². The first-order valence-corrected chi connectivity index (χ1v) is 8.72. The molecule has 1 atom stereocenters. The summed E-state index contributed by atoms with van der Waals surface area (Å²) in [5.74, 6) is 0.416. The maximum atomic E-state index is 11.8. The Kier molecular flexibility index (Phi) is 5.46. The van der Waals surface area contributed by atoms with Gasteiger partial charge in [-0.1, -0.05) is 24.8 Å². The number of aryl methyl sites for hydroxylation is 1. The molecule has 2 heterocycles. The quantitative estimate of drug-likeness (QED) is 0.818. The zero-order valence-corrected chi connectivity index (χ0v) is 15.2. The highest BCUT2D eigenvalue weighted by Crippen LogP contribution is 2.35. The Morgan fingerprint density at radius 2 is 2.35 bits per heavy atom. The van der Waals surface area contributed by atoms with Gasteiger partial charge in [-0.25, -0.2) is 4.79 Å². The third-order valence-corrected chi connectivity index (χ3v) is 4.55. The first-order chi connectivity index (χ1) is 12.7. The van der Waals surface area contributed by atoms with Crippen LogP contribution >= 0.6 is 0 Å². The molecule has 0 aliphatic carbocycles. The number of nitrogens with one attached hydrogen (secondary N) is 1. The molecule has 0 fully saturated rings. The van der Waals surface area contributed by atoms with Gasteiger partial charge >= 0.3 is 5.97 Å². The van der Waals surface area contributed by atoms with E-state index in [-0.39, 0.29) is 5.97 Å². The van der Waals surface area contributed by atoms with Gasteiger partial charge in [-0.3, -0.25) is 0 Å². The van der Waals surface area contributed by atoms with Gasteiger partial charge in [-0.15, -0.1) is 0 Å². The van der Waals surface area contributed by atoms with E-state index in [0.717, 1.165) is 34.7 Å². The van der Waals surface area contributed by atoms with E-state index in [0.29, 0.717) is 13.0 Å². The van der Waals surface area contributed by atoms with Crippen molar-refractivity contribution in [1.29, 1.82) is 0 Å². The largest absolute Gasteiger partial charge is 0.476 e. The van der Waals surface area contributed by atoms with E-state index in [1.807, 2.05) is 42.3 Å². The predicted molar refractivity (Wildman–Crippen MR) is 103 cm³/mol. The van der Waals surface area contributed by atoms with Crippen LogP contribution in [0.4, 0.5) is 5.69 Å². The fraction of sp³-hybridized carbons (Fsp3) is 0.286. The van der Waals surface area contributed by atoms with Crippen LogP contribution < -0.4 is 10.1 Å². The maximum absolute atomic E-state index is 11.8. The number of fused-ring (bicyclic) bond motifs is 1. The summed E-state index contributed by atoms with van der Waals surface area (Å²) in [5.41, 5.74) is 4.22. The first kappa shape index (κ1) is 17.9. The third kappa shape index (κ3) is 3.67. The van der Waals surface area contributed by atoms with E-state index in [1.165, 1.54) is 7.11 Å². The molecule has 0 bridgehead atoms. The summed E-state index contributed by atoms with van der Waals surface area (Å²) in [6.45, 7) is 6.47. The highest BCUT2D eigenvalue weighted by molar-refractivity contribution is 5.76. The van der Waals surface area contributed by atoms with Crippen LogP contribution in [0.5, 0.6) is 5.75 Å². The minimum absolute atomic E-state index is 0.328. The number of hydrogen-bond acceptors (Lipinski definition) is 5. The van der Waals surface area contributed by atoms with Crippen molar-refractivity contribution in [2.45, 2.75) is 25.9 Å². The molecule has 0 spiro atoms. The van der Waals surface area contributed by atoms with E-state index in [4.69, 9.17) is 9.47 Å². The summed E-state index contributed by atoms with van der Waals surface area (Å²) < 4.78 is 10.7. The number of hydrogen-bond donors (Lipinski definition) is 1. The molecule has 2 aliphatic heterocycles. The van der Waals surface area contributed by atoms with Gasteiger partial charge in [0.2, 0.25) is 0 Å². The highest BCUT2D eigenvalue weighted by Gasteiger charge is 2.28. The van der Waals surface area contributed by atoms with Crippen LogP contribution in [-0.2, 0) is 16.0 Å². The Bertz CT molecular complexity index is 792. The van der Waals surface area contributed by atoms with Crippen LogP contribution in [-0.4, -0.2) is 30.6 Å². The average molecular weight is 352 g/mol. The van der Waals surface area contributed by atoms with Crippen LogP contribution in [0.2, 0.25) is 0 Å². The summed E-state index contributed by atoms with van der Waals surface area (Å²) in [6.07, 6.45) is 10.9. The third-order valence-electron chi connectivity index (χ3n) is 4.55. The topological polar surface area (TPSA) is 50.8 Å². The lowest BCUT2D eigenvalue weighted by Gasteiger charge is -2.27. The zero-order chi connectivity index (χ0) is 18.5. The minimum Gasteiger partial charge on any atom is -0.476 e. The van der Waals surface area contributed by atoms with Gasteiger partial charge in [0.25, 0.3) is 0 Å². The molecular formula is C21H24N2O3. The second kappa shape index (κ2) is 7.95. The number of benzene rings is 1. The first-order valence-electron chi connectivity index (χ1n) is 8.72. The van der Waals surface area contributed by atoms with Gasteiger partial charge in [0, 0.05) is 24.6 Å². The Balaban J connectivity index is 1.74. The summed E-state index contributed by atoms with van der Waals surface area (Å²) in [5, 5.41) is 3.43. The molecule has 5 nitrogen and oxygen atoms in total. The van der Waals surface area contributed by atoms with Gasteiger partial charge in [-0.2, -0.15) is 0 Å². The maximum Gasteiger partial charge on any atom is 0.347 e. The van der Waals surface area contributed by atoms with Crippen molar-refractivity contribution in [2.75, 3.05) is 19.0 Å². The predicted octanol–water partition coefficient (Wildman–Crippen LogP) is 3.77. The number of carbonyl (C=O) groups is 1. The van der Waals surface area contributed by atoms with Crippen molar-refractivity contribution in [3.63, 3.8) is 0 Å². The van der Waals surface area contributed by atoms with Gasteiger partial charge in [0.15, 0.2) is 6.10 Å². The molecule has 0 amide bonds. The SMILES string of the molecule is C=CN1C=CC(CNc2cccc3c2OC(C(=O)OC)CC3)=C/C1=C/C. The number of methoxy groups -OCH3 is 1. The Morgan fingerprint density at radius 3 is 3.08 bits per heavy atom. The minimum atomic E-state index is -0.542. The van der Waals surface area contributed by atoms with Crippen molar-refractivity contribution in [2.24, 2.45) is 0 Å². The molecule has 0 saturated carbocycles. The van der Waals surface area contributed by atoms with E-state index >= 15 is 0 Å². The number of para-hydroxylation sites is 1. The molecule has 1 aromatic carbocycles. The molecule has 0 aromatic heterocycles. The monoisotopic (exact) mass is 352 g/mol. The lowest BCUT2D eigenvalue weighted by molar-refractivity contribution is -0.149. The molecular weight excluding hydrogens is 328 g/mol. The van der Waals surface area contributed by atoms with Gasteiger partial charge in [0.1, 0.15) is 5.75 Å². The number of rotatable bonds is 5. The van der Waals surface area contributed by atoms with Gasteiger partial charge in [-0.05, 0) is 49.1 Å². The molecule has 1 aromatic rings. The number of allylic oxidation sites excluding steroid dienone is 2. The Labute approximate surface area is 154 Å². The number of nitrogens with zero attached hydrogens (tertiary/aromatic N) is 1. The molecule has 0 radical (unpaired) electrons. The van der Waals surface area contributed by atoms with Crippen LogP contribution in [0.1, 0.15) is 18.9 Å². The summed E-state index contributed by atoms with van der Waals surface area (Å²) >= 11 is 0. The van der Waals surface area contributed by atoms with Crippen LogP contribution in [0.15, 0.2) is 66.7 Å². The normalized spacial score (nSPS) is 20.1. The number of anilines is 1. The number of ether oxygens (including phenoxy) is 2. The molecule has 2 aliphatic rings. The second-order valence-corrected chi connectivity index (χ2v) is 6.15. The summed E-state index contributed by atoms with van der Waals surface area (Å²) in [6, 6.07) is 6.01. The fourth-order valence-electron chi connectivity index (χ4n) is 3.13. The fourth-order valence-corrected chi connectivity index (χ4v) is 3.13. The molecule has 5 heteroatoms. The molecule has 3 rings (SSSR count). The van der Waals surface area contributed by atoms with Crippen LogP contribution in [0.25, 0.3) is 0 Å². The molecule has 1 N–H and O–H groups in total. The summed E-state index contributed by atoms with van der Waals surface area (Å²) in [4.78, 5) is 13.8. The smallest absolute Gasteiger partial charge is 0.347 e. The standard InChI is InChI=1S/C21H24N2O3/c1-4-17-13-15(11-12-23(17)5-2)14-22-18-8-6-7-16-9-10-19(21(24)25-3)26-20(16)18/h4-8,11-13,19,22H,2,9-10,14H2,1,3H3/b17-4-. The number of carbonyl (C=O) groups excluding carboxylic acids is 1. The van der Waals surface area contributed by atoms with Crippen molar-refractivity contribution in [3.8, 4) is 5.75 Å². The van der Waals surface area contributed by atoms with Gasteiger partial charge in [0.05, 0.1) is 12.8 Å². The van der Waals surface area contributed by atoms with Gasteiger partial charge < -0.3 is 19.7 Å². The van der Waals surface area contributed by atoms with E-state index < -0.39 is 6.10 Å². The van der Waals surface area contributed by atoms with Crippen molar-refractivity contribution in [3.05, 3.63) is 72.2 Å². The van der Waals surface area contributed by atoms with Crippen LogP contribution in [0, 0.1) is 0 Å². The summed E-state index contributed by atoms with van der Waals surface area (Å²) in [7, 11) is 1.39. The molecule has 136 valence electrons. The average Bonchev–Trinajstić information content (AvgIpc) is 2.70. The van der Waals surface area contributed by atoms with E-state index in [9.17, 15) is 4.79 Å². The number of esters is 1. The Hall–Kier alpha value is -2.95. The molecule has 1 unspecified atom stereocenters. The van der Waals surface area contributed by atoms with E-state index in [2.05, 4.69) is 24.0 Å². The van der Waals surface area contributed by atoms with Crippen LogP contribution in [0.3, 0.4) is 0 Å². The van der Waals surface area contributed by atoms with Crippen molar-refractivity contribution < 1.29 is 14.3 Å². The highest BCUT2D eigenvalue weighted by atomic mass is 16.6. The molecule has 26 heavy (non-hydrogen) atoms.